The highest BCUT2D eigenvalue weighted by molar-refractivity contribution is 6.21. The number of halogens is 1. The summed E-state index contributed by atoms with van der Waals surface area (Å²) in [4.78, 5) is 0. The molecule has 2 unspecified atom stereocenters. The lowest BCUT2D eigenvalue weighted by Crippen LogP contribution is -2.39. The molecule has 0 spiro atoms. The molecule has 0 radical (unpaired) electrons. The molecule has 7 rings (SSSR count). The molecule has 6 aromatic rings. The van der Waals surface area contributed by atoms with Crippen molar-refractivity contribution in [2.24, 2.45) is 0 Å². The molecule has 5 heteroatoms. The molecule has 4 nitrogen and oxygen atoms in total. The van der Waals surface area contributed by atoms with E-state index in [2.05, 4.69) is 65.2 Å². The molecule has 150 valence electrons. The molecule has 2 aromatic heterocycles. The van der Waals surface area contributed by atoms with Crippen LogP contribution in [0.3, 0.4) is 0 Å². The number of nitrogens with one attached hydrogen (secondary N) is 2. The third-order valence-corrected chi connectivity index (χ3v) is 6.45. The van der Waals surface area contributed by atoms with Crippen LogP contribution < -0.4 is 10.6 Å². The lowest BCUT2D eigenvalue weighted by molar-refractivity contribution is 0.535. The normalized spacial score (nSPS) is 18.6. The maximum atomic E-state index is 6.49. The number of benzene rings is 4. The molecular weight excluding hydrogens is 408 g/mol. The molecule has 1 aliphatic rings. The summed E-state index contributed by atoms with van der Waals surface area (Å²) in [7, 11) is 0. The van der Waals surface area contributed by atoms with Crippen molar-refractivity contribution in [3.05, 3.63) is 90.0 Å². The lowest BCUT2D eigenvalue weighted by atomic mass is 9.94. The summed E-state index contributed by atoms with van der Waals surface area (Å²) in [5.74, 6) is 0.715. The Balaban J connectivity index is 1.50. The van der Waals surface area contributed by atoms with E-state index >= 15 is 0 Å². The van der Waals surface area contributed by atoms with E-state index < -0.39 is 5.62 Å². The van der Waals surface area contributed by atoms with Crippen LogP contribution in [-0.2, 0) is 0 Å². The molecule has 0 bridgehead atoms. The Hall–Kier alpha value is -3.47. The fraction of sp³-hybridized carbons (Fsp3) is 0.0769. The second-order valence-corrected chi connectivity index (χ2v) is 8.40. The van der Waals surface area contributed by atoms with Gasteiger partial charge in [0.2, 0.25) is 5.88 Å². The largest absolute Gasteiger partial charge is 0.456 e. The summed E-state index contributed by atoms with van der Waals surface area (Å²) in [6.07, 6.45) is 0. The Morgan fingerprint density at radius 3 is 2.42 bits per heavy atom. The summed E-state index contributed by atoms with van der Waals surface area (Å²) < 4.78 is 12.2. The SMILES string of the molecule is ClC1Nc2oc3ccccc3c2C(c2ccc3oc4ccc5ccccc5c4c3c2)N1. The number of hydrogen-bond acceptors (Lipinski definition) is 4. The first-order chi connectivity index (χ1) is 15.3. The van der Waals surface area contributed by atoms with Gasteiger partial charge in [-0.25, -0.2) is 0 Å². The van der Waals surface area contributed by atoms with Crippen LogP contribution in [0.4, 0.5) is 5.88 Å². The van der Waals surface area contributed by atoms with Gasteiger partial charge in [-0.3, -0.25) is 5.32 Å². The van der Waals surface area contributed by atoms with Crippen molar-refractivity contribution in [3.63, 3.8) is 0 Å². The van der Waals surface area contributed by atoms with Crippen molar-refractivity contribution >= 4 is 61.2 Å². The molecule has 0 saturated carbocycles. The van der Waals surface area contributed by atoms with Crippen LogP contribution in [0.5, 0.6) is 0 Å². The van der Waals surface area contributed by atoms with Gasteiger partial charge >= 0.3 is 0 Å². The molecule has 0 fully saturated rings. The molecule has 31 heavy (non-hydrogen) atoms. The maximum Gasteiger partial charge on any atom is 0.201 e. The van der Waals surface area contributed by atoms with E-state index in [1.807, 2.05) is 24.3 Å². The van der Waals surface area contributed by atoms with Crippen LogP contribution >= 0.6 is 11.6 Å². The Kier molecular flexibility index (Phi) is 3.48. The average molecular weight is 425 g/mol. The van der Waals surface area contributed by atoms with Crippen molar-refractivity contribution in [1.29, 1.82) is 0 Å². The number of furan rings is 2. The van der Waals surface area contributed by atoms with Crippen molar-refractivity contribution in [1.82, 2.24) is 5.32 Å². The van der Waals surface area contributed by atoms with Crippen molar-refractivity contribution in [3.8, 4) is 0 Å². The molecule has 4 aromatic carbocycles. The van der Waals surface area contributed by atoms with Crippen LogP contribution in [0.1, 0.15) is 17.2 Å². The van der Waals surface area contributed by atoms with E-state index in [1.165, 1.54) is 10.8 Å². The highest BCUT2D eigenvalue weighted by Crippen LogP contribution is 2.42. The summed E-state index contributed by atoms with van der Waals surface area (Å²) in [6, 6.07) is 26.9. The molecule has 1 aliphatic heterocycles. The molecular formula is C26H17ClN2O2. The first-order valence-electron chi connectivity index (χ1n) is 10.3. The van der Waals surface area contributed by atoms with Crippen molar-refractivity contribution in [2.75, 3.05) is 5.32 Å². The zero-order valence-corrected chi connectivity index (χ0v) is 17.1. The van der Waals surface area contributed by atoms with E-state index in [-0.39, 0.29) is 6.04 Å². The Labute approximate surface area is 182 Å². The Morgan fingerprint density at radius 1 is 0.710 bits per heavy atom. The third kappa shape index (κ3) is 2.46. The minimum atomic E-state index is -0.435. The Bertz CT molecular complexity index is 1630. The predicted molar refractivity (Wildman–Crippen MR) is 126 cm³/mol. The summed E-state index contributed by atoms with van der Waals surface area (Å²) in [5, 5.41) is 12.4. The van der Waals surface area contributed by atoms with Gasteiger partial charge in [-0.05, 0) is 40.6 Å². The second kappa shape index (κ2) is 6.27. The molecule has 0 amide bonds. The summed E-state index contributed by atoms with van der Waals surface area (Å²) in [6.45, 7) is 0. The maximum absolute atomic E-state index is 6.49. The van der Waals surface area contributed by atoms with Crippen LogP contribution in [-0.4, -0.2) is 5.62 Å². The van der Waals surface area contributed by atoms with Crippen LogP contribution in [0.2, 0.25) is 0 Å². The predicted octanol–water partition coefficient (Wildman–Crippen LogP) is 7.11. The number of alkyl halides is 1. The van der Waals surface area contributed by atoms with Crippen LogP contribution in [0.15, 0.2) is 87.7 Å². The molecule has 2 N–H and O–H groups in total. The van der Waals surface area contributed by atoms with Crippen molar-refractivity contribution in [2.45, 2.75) is 11.7 Å². The van der Waals surface area contributed by atoms with E-state index in [0.717, 1.165) is 44.0 Å². The summed E-state index contributed by atoms with van der Waals surface area (Å²) in [5.41, 5.74) is 4.37. The number of hydrogen-bond donors (Lipinski definition) is 2. The second-order valence-electron chi connectivity index (χ2n) is 7.97. The smallest absolute Gasteiger partial charge is 0.201 e. The number of fused-ring (bicyclic) bond motifs is 8. The minimum Gasteiger partial charge on any atom is -0.456 e. The van der Waals surface area contributed by atoms with Gasteiger partial charge in [0.25, 0.3) is 0 Å². The summed E-state index contributed by atoms with van der Waals surface area (Å²) >= 11 is 6.49. The fourth-order valence-electron chi connectivity index (χ4n) is 4.85. The number of anilines is 1. The molecule has 3 heterocycles. The van der Waals surface area contributed by atoms with E-state index in [0.29, 0.717) is 5.88 Å². The molecule has 2 atom stereocenters. The monoisotopic (exact) mass is 424 g/mol. The van der Waals surface area contributed by atoms with Gasteiger partial charge in [0.1, 0.15) is 16.7 Å². The quantitative estimate of drug-likeness (QED) is 0.218. The van der Waals surface area contributed by atoms with Gasteiger partial charge in [0.05, 0.1) is 6.04 Å². The highest BCUT2D eigenvalue weighted by atomic mass is 35.5. The zero-order valence-electron chi connectivity index (χ0n) is 16.4. The average Bonchev–Trinajstić information content (AvgIpc) is 3.36. The number of para-hydroxylation sites is 1. The van der Waals surface area contributed by atoms with Crippen LogP contribution in [0, 0.1) is 0 Å². The van der Waals surface area contributed by atoms with Gasteiger partial charge in [0.15, 0.2) is 5.62 Å². The minimum absolute atomic E-state index is 0.105. The zero-order chi connectivity index (χ0) is 20.5. The standard InChI is InChI=1S/C26H17ClN2O2/c27-26-28-24(23-17-7-3-4-8-19(17)31-25(23)29-26)15-10-11-20-18(13-15)22-16-6-2-1-5-14(16)9-12-21(22)30-20/h1-13,24,26,28-29H. The van der Waals surface area contributed by atoms with Gasteiger partial charge in [-0.2, -0.15) is 0 Å². The van der Waals surface area contributed by atoms with E-state index in [4.69, 9.17) is 20.4 Å². The fourth-order valence-corrected chi connectivity index (χ4v) is 5.08. The van der Waals surface area contributed by atoms with Gasteiger partial charge in [-0.1, -0.05) is 66.2 Å². The molecule has 0 saturated heterocycles. The van der Waals surface area contributed by atoms with Crippen molar-refractivity contribution < 1.29 is 8.83 Å². The molecule has 0 aliphatic carbocycles. The first kappa shape index (κ1) is 17.2. The van der Waals surface area contributed by atoms with Crippen LogP contribution in [0.25, 0.3) is 43.7 Å². The first-order valence-corrected chi connectivity index (χ1v) is 10.7. The Morgan fingerprint density at radius 2 is 1.48 bits per heavy atom. The van der Waals surface area contributed by atoms with Gasteiger partial charge in [0, 0.05) is 21.7 Å². The number of rotatable bonds is 1. The topological polar surface area (TPSA) is 50.3 Å². The third-order valence-electron chi connectivity index (χ3n) is 6.21. The lowest BCUT2D eigenvalue weighted by Gasteiger charge is -2.28. The van der Waals surface area contributed by atoms with Gasteiger partial charge < -0.3 is 14.2 Å². The van der Waals surface area contributed by atoms with E-state index in [1.54, 1.807) is 0 Å². The van der Waals surface area contributed by atoms with E-state index in [9.17, 15) is 0 Å². The highest BCUT2D eigenvalue weighted by Gasteiger charge is 2.31. The van der Waals surface area contributed by atoms with Gasteiger partial charge in [-0.15, -0.1) is 0 Å².